The number of rotatable bonds is 1. The van der Waals surface area contributed by atoms with E-state index in [1.807, 2.05) is 13.8 Å². The van der Waals surface area contributed by atoms with Crippen LogP contribution in [0.25, 0.3) is 5.32 Å². The van der Waals surface area contributed by atoms with Crippen molar-refractivity contribution in [1.29, 1.82) is 0 Å². The number of carbonyl (C=O) groups excluding carboxylic acids is 1. The zero-order valence-electron chi connectivity index (χ0n) is 6.63. The van der Waals surface area contributed by atoms with Gasteiger partial charge in [-0.1, -0.05) is 25.8 Å². The van der Waals surface area contributed by atoms with E-state index in [9.17, 15) is 4.79 Å². The molecule has 0 bridgehead atoms. The molecule has 0 N–H and O–H groups in total. The Bertz CT molecular complexity index is 127. The van der Waals surface area contributed by atoms with Crippen LogP contribution in [0.5, 0.6) is 0 Å². The Labute approximate surface area is 72.7 Å². The monoisotopic (exact) mass is 135 g/mol. The summed E-state index contributed by atoms with van der Waals surface area (Å²) in [5, 5.41) is 3.73. The molecule has 10 heavy (non-hydrogen) atoms. The van der Waals surface area contributed by atoms with Gasteiger partial charge in [0.1, 0.15) is 0 Å². The second-order valence-corrected chi connectivity index (χ2v) is 2.52. The molecule has 0 aliphatic carbocycles. The maximum atomic E-state index is 10.4. The number of carbonyl (C=O) groups is 1. The maximum absolute atomic E-state index is 10.4. The molecule has 0 spiro atoms. The van der Waals surface area contributed by atoms with E-state index in [4.69, 9.17) is 0 Å². The van der Waals surface area contributed by atoms with Crippen molar-refractivity contribution in [3.05, 3.63) is 5.32 Å². The van der Waals surface area contributed by atoms with E-state index >= 15 is 0 Å². The summed E-state index contributed by atoms with van der Waals surface area (Å²) in [4.78, 5) is 10.4. The Kier molecular flexibility index (Phi) is 3.85. The molecule has 0 radical (unpaired) electrons. The summed E-state index contributed by atoms with van der Waals surface area (Å²) in [5.74, 6) is 0.413. The largest absolute Gasteiger partial charge is 1.00 e. The fraction of sp³-hybridized carbons (Fsp3) is 0.833. The average Bonchev–Trinajstić information content (AvgIpc) is 2.14. The van der Waals surface area contributed by atoms with Crippen LogP contribution in [-0.2, 0) is 4.74 Å². The van der Waals surface area contributed by atoms with E-state index in [0.29, 0.717) is 12.5 Å². The Hall–Kier alpha value is -0.133. The third kappa shape index (κ3) is 2.24. The summed E-state index contributed by atoms with van der Waals surface area (Å²) < 4.78 is 4.62. The molecule has 1 heterocycles. The van der Waals surface area contributed by atoms with Gasteiger partial charge in [0.25, 0.3) is 0 Å². The summed E-state index contributed by atoms with van der Waals surface area (Å²) in [6.45, 7) is 4.52. The fourth-order valence-electron chi connectivity index (χ4n) is 0.708. The molecule has 1 aliphatic heterocycles. The first-order chi connectivity index (χ1) is 4.20. The summed E-state index contributed by atoms with van der Waals surface area (Å²) in [6, 6.07) is 0.0949. The molecule has 4 heteroatoms. The molecule has 0 aromatic rings. The zero-order chi connectivity index (χ0) is 6.85. The molecule has 0 saturated carbocycles. The number of hydrogen-bond donors (Lipinski definition) is 0. The molecule has 1 saturated heterocycles. The van der Waals surface area contributed by atoms with E-state index in [0.717, 1.165) is 0 Å². The molecular weight excluding hydrogens is 125 g/mol. The topological polar surface area (TPSA) is 40.4 Å². The molecule has 1 amide bonds. The predicted molar refractivity (Wildman–Crippen MR) is 33.3 cm³/mol. The standard InChI is InChI=1S/C6H11NO2.Li/c1-4(2)5-3-9-6(8)7-5;/h4-5H,3H2,1-2H3,(H,7,8);/q;+1/p-1. The number of hydrogen-bond acceptors (Lipinski definition) is 2. The van der Waals surface area contributed by atoms with Crippen molar-refractivity contribution in [2.45, 2.75) is 19.9 Å². The quantitative estimate of drug-likeness (QED) is 0.412. The van der Waals surface area contributed by atoms with Crippen LogP contribution in [0.15, 0.2) is 0 Å². The van der Waals surface area contributed by atoms with Gasteiger partial charge in [0.15, 0.2) is 0 Å². The van der Waals surface area contributed by atoms with E-state index in [-0.39, 0.29) is 24.9 Å². The first-order valence-corrected chi connectivity index (χ1v) is 3.08. The SMILES string of the molecule is CC(C)C1COC(=O)[N-]1.[Li+]. The van der Waals surface area contributed by atoms with Crippen molar-refractivity contribution in [1.82, 2.24) is 0 Å². The van der Waals surface area contributed by atoms with E-state index < -0.39 is 6.09 Å². The summed E-state index contributed by atoms with van der Waals surface area (Å²) in [6.07, 6.45) is -0.409. The van der Waals surface area contributed by atoms with Crippen LogP contribution in [0.3, 0.4) is 0 Å². The Balaban J connectivity index is 0.000000810. The van der Waals surface area contributed by atoms with Crippen LogP contribution in [0.2, 0.25) is 0 Å². The van der Waals surface area contributed by atoms with Gasteiger partial charge < -0.3 is 10.1 Å². The maximum Gasteiger partial charge on any atom is 1.00 e. The van der Waals surface area contributed by atoms with Crippen LogP contribution in [0, 0.1) is 5.92 Å². The van der Waals surface area contributed by atoms with Crippen molar-refractivity contribution >= 4 is 6.09 Å². The zero-order valence-corrected chi connectivity index (χ0v) is 6.63. The van der Waals surface area contributed by atoms with Gasteiger partial charge in [0.2, 0.25) is 6.09 Å². The van der Waals surface area contributed by atoms with Gasteiger partial charge in [-0.15, -0.1) is 0 Å². The second-order valence-electron chi connectivity index (χ2n) is 2.52. The van der Waals surface area contributed by atoms with Crippen LogP contribution in [0.1, 0.15) is 13.8 Å². The summed E-state index contributed by atoms with van der Waals surface area (Å²) in [7, 11) is 0. The molecule has 1 atom stereocenters. The van der Waals surface area contributed by atoms with Crippen molar-refractivity contribution in [3.8, 4) is 0 Å². The summed E-state index contributed by atoms with van der Waals surface area (Å²) >= 11 is 0. The number of cyclic esters (lactones) is 1. The van der Waals surface area contributed by atoms with E-state index in [1.165, 1.54) is 0 Å². The van der Waals surface area contributed by atoms with Gasteiger partial charge >= 0.3 is 18.9 Å². The van der Waals surface area contributed by atoms with Crippen molar-refractivity contribution in [2.24, 2.45) is 5.92 Å². The van der Waals surface area contributed by atoms with Crippen molar-refractivity contribution in [3.63, 3.8) is 0 Å². The minimum Gasteiger partial charge on any atom is -0.612 e. The second kappa shape index (κ2) is 3.90. The van der Waals surface area contributed by atoms with Gasteiger partial charge in [0.05, 0.1) is 6.61 Å². The predicted octanol–water partition coefficient (Wildman–Crippen LogP) is -1.46. The molecule has 1 aliphatic rings. The van der Waals surface area contributed by atoms with E-state index in [1.54, 1.807) is 0 Å². The third-order valence-electron chi connectivity index (χ3n) is 1.42. The smallest absolute Gasteiger partial charge is 0.612 e. The van der Waals surface area contributed by atoms with Gasteiger partial charge in [-0.25, -0.2) is 0 Å². The van der Waals surface area contributed by atoms with Crippen molar-refractivity contribution < 1.29 is 28.4 Å². The first kappa shape index (κ1) is 9.87. The van der Waals surface area contributed by atoms with Gasteiger partial charge in [-0.2, -0.15) is 0 Å². The van der Waals surface area contributed by atoms with Crippen molar-refractivity contribution in [2.75, 3.05) is 6.61 Å². The molecule has 52 valence electrons. The van der Waals surface area contributed by atoms with Crippen LogP contribution >= 0.6 is 0 Å². The van der Waals surface area contributed by atoms with Gasteiger partial charge in [-0.3, -0.25) is 4.79 Å². The molecule has 3 nitrogen and oxygen atoms in total. The van der Waals surface area contributed by atoms with Gasteiger partial charge in [-0.05, 0) is 0 Å². The molecular formula is C6H10LiNO2. The van der Waals surface area contributed by atoms with Crippen LogP contribution < -0.4 is 18.9 Å². The Morgan fingerprint density at radius 2 is 2.30 bits per heavy atom. The van der Waals surface area contributed by atoms with E-state index in [2.05, 4.69) is 10.1 Å². The number of ether oxygens (including phenoxy) is 1. The number of nitrogens with zero attached hydrogens (tertiary/aromatic N) is 1. The average molecular weight is 135 g/mol. The summed E-state index contributed by atoms with van der Waals surface area (Å²) in [5.41, 5.74) is 0. The molecule has 1 rings (SSSR count). The Morgan fingerprint density at radius 1 is 1.70 bits per heavy atom. The molecule has 0 aromatic carbocycles. The first-order valence-electron chi connectivity index (χ1n) is 3.08. The fourth-order valence-corrected chi connectivity index (χ4v) is 0.708. The van der Waals surface area contributed by atoms with Crippen LogP contribution in [-0.4, -0.2) is 18.7 Å². The molecule has 0 aromatic heterocycles. The Morgan fingerprint density at radius 3 is 2.50 bits per heavy atom. The normalized spacial score (nSPS) is 23.5. The molecule has 1 fully saturated rings. The molecule has 1 unspecified atom stereocenters. The van der Waals surface area contributed by atoms with Gasteiger partial charge in [0, 0.05) is 0 Å². The minimum atomic E-state index is -0.409. The number of amides is 1. The third-order valence-corrected chi connectivity index (χ3v) is 1.42. The van der Waals surface area contributed by atoms with Crippen LogP contribution in [0.4, 0.5) is 4.79 Å². The minimum absolute atomic E-state index is 0.